The van der Waals surface area contributed by atoms with Crippen LogP contribution in [0.5, 0.6) is 11.5 Å². The van der Waals surface area contributed by atoms with Crippen LogP contribution in [-0.2, 0) is 10.0 Å². The summed E-state index contributed by atoms with van der Waals surface area (Å²) in [5.41, 5.74) is 0.544. The monoisotopic (exact) mass is 390 g/mol. The van der Waals surface area contributed by atoms with Crippen molar-refractivity contribution >= 4 is 21.4 Å². The zero-order valence-electron chi connectivity index (χ0n) is 15.6. The molecule has 6 nitrogen and oxygen atoms in total. The quantitative estimate of drug-likeness (QED) is 0.675. The van der Waals surface area contributed by atoms with Crippen molar-refractivity contribution in [3.63, 3.8) is 0 Å². The zero-order valence-corrected chi connectivity index (χ0v) is 16.5. The summed E-state index contributed by atoms with van der Waals surface area (Å²) in [6.07, 6.45) is 3.19. The number of phenols is 2. The van der Waals surface area contributed by atoms with Gasteiger partial charge in [-0.2, -0.15) is 0 Å². The first-order valence-electron chi connectivity index (χ1n) is 9.24. The van der Waals surface area contributed by atoms with Gasteiger partial charge in [-0.25, -0.2) is 13.1 Å². The standard InChI is InChI=1S/C20H26N2O4S/c1-3-5-11-20(4-2)14-22(15-9-7-6-8-10-15)16-12-17(23)18(24)13-19(16)27(25,26)21-20/h6-10,12-13,21,23-24H,3-5,11,14H2,1-2H3. The second-order valence-electron chi connectivity index (χ2n) is 7.07. The molecule has 1 unspecified atom stereocenters. The fourth-order valence-electron chi connectivity index (χ4n) is 3.58. The lowest BCUT2D eigenvalue weighted by Crippen LogP contribution is -2.52. The molecule has 1 atom stereocenters. The van der Waals surface area contributed by atoms with E-state index in [0.717, 1.165) is 24.6 Å². The number of unbranched alkanes of at least 4 members (excludes halogenated alkanes) is 1. The van der Waals surface area contributed by atoms with Crippen LogP contribution in [0.15, 0.2) is 47.4 Å². The minimum absolute atomic E-state index is 0.0338. The molecule has 0 amide bonds. The van der Waals surface area contributed by atoms with Crippen molar-refractivity contribution in [3.8, 4) is 11.5 Å². The molecular formula is C20H26N2O4S. The average molecular weight is 391 g/mol. The number of fused-ring (bicyclic) bond motifs is 1. The Kier molecular flexibility index (Phi) is 5.35. The molecule has 7 heteroatoms. The molecule has 0 saturated carbocycles. The van der Waals surface area contributed by atoms with Crippen molar-refractivity contribution in [2.45, 2.75) is 50.0 Å². The summed E-state index contributed by atoms with van der Waals surface area (Å²) in [5.74, 6) is -0.799. The minimum atomic E-state index is -3.87. The van der Waals surface area contributed by atoms with Crippen LogP contribution in [0.4, 0.5) is 11.4 Å². The molecule has 0 saturated heterocycles. The Bertz CT molecular complexity index is 915. The molecule has 0 spiro atoms. The average Bonchev–Trinajstić information content (AvgIpc) is 2.75. The number of sulfonamides is 1. The number of anilines is 2. The van der Waals surface area contributed by atoms with E-state index in [1.165, 1.54) is 6.07 Å². The van der Waals surface area contributed by atoms with E-state index in [2.05, 4.69) is 11.6 Å². The van der Waals surface area contributed by atoms with Gasteiger partial charge in [0.15, 0.2) is 11.5 Å². The fraction of sp³-hybridized carbons (Fsp3) is 0.400. The second kappa shape index (κ2) is 7.40. The number of rotatable bonds is 5. The molecule has 27 heavy (non-hydrogen) atoms. The molecule has 1 aliphatic heterocycles. The molecule has 1 heterocycles. The van der Waals surface area contributed by atoms with Crippen molar-refractivity contribution in [2.24, 2.45) is 0 Å². The lowest BCUT2D eigenvalue weighted by molar-refractivity contribution is 0.341. The molecule has 3 rings (SSSR count). The van der Waals surface area contributed by atoms with Gasteiger partial charge >= 0.3 is 0 Å². The third-order valence-corrected chi connectivity index (χ3v) is 6.81. The van der Waals surface area contributed by atoms with Crippen molar-refractivity contribution in [2.75, 3.05) is 11.4 Å². The van der Waals surface area contributed by atoms with Crippen molar-refractivity contribution in [1.29, 1.82) is 0 Å². The highest BCUT2D eigenvalue weighted by atomic mass is 32.2. The number of nitrogens with zero attached hydrogens (tertiary/aromatic N) is 1. The maximum Gasteiger partial charge on any atom is 0.243 e. The van der Waals surface area contributed by atoms with Gasteiger partial charge in [0.1, 0.15) is 4.90 Å². The van der Waals surface area contributed by atoms with E-state index < -0.39 is 21.3 Å². The van der Waals surface area contributed by atoms with E-state index in [9.17, 15) is 18.6 Å². The van der Waals surface area contributed by atoms with Crippen LogP contribution in [-0.4, -0.2) is 30.7 Å². The third kappa shape index (κ3) is 3.75. The van der Waals surface area contributed by atoms with Crippen LogP contribution in [0, 0.1) is 0 Å². The predicted octanol–water partition coefficient (Wildman–Crippen LogP) is 3.87. The van der Waals surface area contributed by atoms with Gasteiger partial charge in [-0.3, -0.25) is 0 Å². The van der Waals surface area contributed by atoms with Crippen LogP contribution >= 0.6 is 0 Å². The number of hydrogen-bond acceptors (Lipinski definition) is 5. The highest BCUT2D eigenvalue weighted by Crippen LogP contribution is 2.43. The normalized spacial score (nSPS) is 21.5. The Hall–Kier alpha value is -2.25. The van der Waals surface area contributed by atoms with Gasteiger partial charge in [0.05, 0.1) is 11.2 Å². The maximum absolute atomic E-state index is 13.1. The number of phenolic OH excluding ortho intramolecular Hbond substituents is 2. The molecule has 0 bridgehead atoms. The summed E-state index contributed by atoms with van der Waals surface area (Å²) < 4.78 is 29.2. The SMILES string of the molecule is CCCCC1(CC)CN(c2ccccc2)c2cc(O)c(O)cc2S(=O)(=O)N1. The number of hydrogen-bond donors (Lipinski definition) is 3. The highest BCUT2D eigenvalue weighted by molar-refractivity contribution is 7.89. The molecule has 2 aromatic rings. The smallest absolute Gasteiger partial charge is 0.243 e. The Morgan fingerprint density at radius 2 is 1.78 bits per heavy atom. The fourth-order valence-corrected chi connectivity index (χ4v) is 5.28. The van der Waals surface area contributed by atoms with Crippen LogP contribution < -0.4 is 9.62 Å². The van der Waals surface area contributed by atoms with E-state index in [0.29, 0.717) is 25.1 Å². The number of aromatic hydroxyl groups is 2. The summed E-state index contributed by atoms with van der Waals surface area (Å²) in [4.78, 5) is 1.87. The summed E-state index contributed by atoms with van der Waals surface area (Å²) in [6.45, 7) is 4.49. The van der Waals surface area contributed by atoms with E-state index in [4.69, 9.17) is 0 Å². The van der Waals surface area contributed by atoms with Gasteiger partial charge in [-0.15, -0.1) is 0 Å². The molecule has 0 aromatic heterocycles. The van der Waals surface area contributed by atoms with Gasteiger partial charge in [-0.1, -0.05) is 44.9 Å². The maximum atomic E-state index is 13.1. The number of nitrogens with one attached hydrogen (secondary N) is 1. The first kappa shape index (κ1) is 19.5. The van der Waals surface area contributed by atoms with E-state index in [1.807, 2.05) is 42.2 Å². The van der Waals surface area contributed by atoms with Crippen molar-refractivity contribution in [3.05, 3.63) is 42.5 Å². The van der Waals surface area contributed by atoms with E-state index in [-0.39, 0.29) is 10.6 Å². The third-order valence-electron chi connectivity index (χ3n) is 5.20. The Balaban J connectivity index is 2.24. The summed E-state index contributed by atoms with van der Waals surface area (Å²) in [5, 5.41) is 20.0. The Morgan fingerprint density at radius 1 is 1.11 bits per heavy atom. The molecule has 1 aliphatic rings. The number of benzene rings is 2. The molecule has 146 valence electrons. The molecule has 0 radical (unpaired) electrons. The summed E-state index contributed by atoms with van der Waals surface area (Å²) in [7, 11) is -3.87. The van der Waals surface area contributed by atoms with Crippen LogP contribution in [0.25, 0.3) is 0 Å². The topological polar surface area (TPSA) is 89.9 Å². The van der Waals surface area contributed by atoms with Crippen LogP contribution in [0.1, 0.15) is 39.5 Å². The minimum Gasteiger partial charge on any atom is -0.504 e. The lowest BCUT2D eigenvalue weighted by atomic mass is 9.89. The second-order valence-corrected chi connectivity index (χ2v) is 8.72. The van der Waals surface area contributed by atoms with Gasteiger partial charge in [0.2, 0.25) is 10.0 Å². The van der Waals surface area contributed by atoms with Crippen LogP contribution in [0.2, 0.25) is 0 Å². The predicted molar refractivity (Wildman–Crippen MR) is 106 cm³/mol. The van der Waals surface area contributed by atoms with Gasteiger partial charge in [0, 0.05) is 24.4 Å². The molecule has 3 N–H and O–H groups in total. The lowest BCUT2D eigenvalue weighted by Gasteiger charge is -2.36. The van der Waals surface area contributed by atoms with Gasteiger partial charge < -0.3 is 15.1 Å². The first-order valence-corrected chi connectivity index (χ1v) is 10.7. The highest BCUT2D eigenvalue weighted by Gasteiger charge is 2.41. The molecule has 2 aromatic carbocycles. The van der Waals surface area contributed by atoms with Crippen molar-refractivity contribution in [1.82, 2.24) is 4.72 Å². The van der Waals surface area contributed by atoms with E-state index in [1.54, 1.807) is 0 Å². The largest absolute Gasteiger partial charge is 0.504 e. The zero-order chi connectivity index (χ0) is 19.7. The molecular weight excluding hydrogens is 364 g/mol. The van der Waals surface area contributed by atoms with Gasteiger partial charge in [0.25, 0.3) is 0 Å². The Labute approximate surface area is 160 Å². The number of para-hydroxylation sites is 1. The molecule has 0 fully saturated rings. The van der Waals surface area contributed by atoms with E-state index >= 15 is 0 Å². The van der Waals surface area contributed by atoms with Crippen molar-refractivity contribution < 1.29 is 18.6 Å². The summed E-state index contributed by atoms with van der Waals surface area (Å²) >= 11 is 0. The first-order chi connectivity index (χ1) is 12.8. The van der Waals surface area contributed by atoms with Gasteiger partial charge in [-0.05, 0) is 25.0 Å². The summed E-state index contributed by atoms with van der Waals surface area (Å²) in [6, 6.07) is 11.9. The van der Waals surface area contributed by atoms with Crippen LogP contribution in [0.3, 0.4) is 0 Å². The Morgan fingerprint density at radius 3 is 2.41 bits per heavy atom. The molecule has 0 aliphatic carbocycles.